The smallest absolute Gasteiger partial charge is 0.295 e. The van der Waals surface area contributed by atoms with Crippen molar-refractivity contribution in [3.8, 4) is 5.75 Å². The molecule has 0 saturated carbocycles. The molecule has 0 radical (unpaired) electrons. The molecule has 1 atom stereocenters. The topological polar surface area (TPSA) is 79.3 Å². The van der Waals surface area contributed by atoms with E-state index in [0.29, 0.717) is 42.6 Å². The Morgan fingerprint density at radius 2 is 1.75 bits per heavy atom. The van der Waals surface area contributed by atoms with Crippen molar-refractivity contribution in [2.45, 2.75) is 32.2 Å². The second kappa shape index (κ2) is 10.6. The van der Waals surface area contributed by atoms with Crippen LogP contribution in [0.2, 0.25) is 5.02 Å². The molecule has 4 rings (SSSR count). The zero-order chi connectivity index (χ0) is 26.0. The Bertz CT molecular complexity index is 1160. The van der Waals surface area contributed by atoms with Crippen LogP contribution in [0, 0.1) is 0 Å². The highest BCUT2D eigenvalue weighted by atomic mass is 35.5. The number of halogens is 1. The number of amides is 1. The first kappa shape index (κ1) is 26.2. The first-order valence-electron chi connectivity index (χ1n) is 12.1. The van der Waals surface area contributed by atoms with E-state index in [1.54, 1.807) is 17.0 Å². The highest BCUT2D eigenvalue weighted by Crippen LogP contribution is 2.40. The number of hydrogen-bond donors (Lipinski definition) is 1. The normalized spacial score (nSPS) is 20.7. The molecule has 0 aromatic heterocycles. The number of nitrogens with zero attached hydrogens (tertiary/aromatic N) is 2. The van der Waals surface area contributed by atoms with Crippen LogP contribution in [-0.4, -0.2) is 73.1 Å². The molecule has 2 aromatic rings. The number of Topliss-reactive ketones (excluding diaryl/α,β-unsaturated/α-hetero) is 1. The fourth-order valence-corrected chi connectivity index (χ4v) is 4.92. The van der Waals surface area contributed by atoms with Crippen molar-refractivity contribution in [1.82, 2.24) is 9.80 Å². The van der Waals surface area contributed by atoms with Gasteiger partial charge in [0, 0.05) is 31.7 Å². The van der Waals surface area contributed by atoms with Gasteiger partial charge in [-0.05, 0) is 34.7 Å². The molecule has 7 nitrogen and oxygen atoms in total. The van der Waals surface area contributed by atoms with Gasteiger partial charge in [-0.3, -0.25) is 14.5 Å². The van der Waals surface area contributed by atoms with E-state index in [9.17, 15) is 14.7 Å². The minimum atomic E-state index is -0.707. The fourth-order valence-electron chi connectivity index (χ4n) is 4.67. The molecule has 36 heavy (non-hydrogen) atoms. The number of ketones is 1. The van der Waals surface area contributed by atoms with Gasteiger partial charge in [0.2, 0.25) is 0 Å². The predicted molar refractivity (Wildman–Crippen MR) is 139 cm³/mol. The summed E-state index contributed by atoms with van der Waals surface area (Å²) in [7, 11) is 1.50. The van der Waals surface area contributed by atoms with Gasteiger partial charge in [-0.2, -0.15) is 0 Å². The third kappa shape index (κ3) is 5.28. The van der Waals surface area contributed by atoms with Gasteiger partial charge in [-0.25, -0.2) is 0 Å². The van der Waals surface area contributed by atoms with Crippen LogP contribution in [0.4, 0.5) is 0 Å². The van der Waals surface area contributed by atoms with Crippen molar-refractivity contribution in [1.29, 1.82) is 0 Å². The summed E-state index contributed by atoms with van der Waals surface area (Å²) in [5.41, 5.74) is 2.27. The van der Waals surface area contributed by atoms with Crippen molar-refractivity contribution < 1.29 is 24.2 Å². The Hall–Kier alpha value is -2.87. The Labute approximate surface area is 217 Å². The molecule has 192 valence electrons. The van der Waals surface area contributed by atoms with Gasteiger partial charge >= 0.3 is 0 Å². The number of methoxy groups -OCH3 is 1. The van der Waals surface area contributed by atoms with Crippen LogP contribution in [0.3, 0.4) is 0 Å². The van der Waals surface area contributed by atoms with Gasteiger partial charge in [0.15, 0.2) is 0 Å². The summed E-state index contributed by atoms with van der Waals surface area (Å²) >= 11 is 6.29. The summed E-state index contributed by atoms with van der Waals surface area (Å²) < 4.78 is 10.6. The summed E-state index contributed by atoms with van der Waals surface area (Å²) in [5.74, 6) is -1.12. The van der Waals surface area contributed by atoms with Crippen LogP contribution in [0.5, 0.6) is 5.75 Å². The number of likely N-dealkylation sites (tertiary alicyclic amines) is 1. The van der Waals surface area contributed by atoms with Crippen molar-refractivity contribution in [3.05, 3.63) is 69.8 Å². The first-order valence-corrected chi connectivity index (χ1v) is 12.5. The van der Waals surface area contributed by atoms with E-state index in [2.05, 4.69) is 25.7 Å². The number of carbonyl (C=O) groups is 2. The quantitative estimate of drug-likeness (QED) is 0.351. The number of rotatable bonds is 6. The zero-order valence-corrected chi connectivity index (χ0v) is 22.0. The Morgan fingerprint density at radius 1 is 1.08 bits per heavy atom. The Balaban J connectivity index is 1.76. The lowest BCUT2D eigenvalue weighted by Crippen LogP contribution is -2.42. The second-order valence-corrected chi connectivity index (χ2v) is 10.6. The number of hydrogen-bond acceptors (Lipinski definition) is 6. The molecule has 2 saturated heterocycles. The van der Waals surface area contributed by atoms with E-state index in [1.165, 1.54) is 13.2 Å². The second-order valence-electron chi connectivity index (χ2n) is 10.2. The van der Waals surface area contributed by atoms with E-state index in [0.717, 1.165) is 24.2 Å². The maximum absolute atomic E-state index is 13.3. The molecule has 0 bridgehead atoms. The lowest BCUT2D eigenvalue weighted by molar-refractivity contribution is -0.140. The van der Waals surface area contributed by atoms with E-state index in [4.69, 9.17) is 21.1 Å². The predicted octanol–water partition coefficient (Wildman–Crippen LogP) is 4.40. The molecule has 2 heterocycles. The van der Waals surface area contributed by atoms with E-state index >= 15 is 0 Å². The molecule has 2 fully saturated rings. The molecule has 0 unspecified atom stereocenters. The third-order valence-electron chi connectivity index (χ3n) is 6.82. The van der Waals surface area contributed by atoms with E-state index in [-0.39, 0.29) is 16.7 Å². The number of morpholine rings is 1. The molecule has 2 aromatic carbocycles. The first-order chi connectivity index (χ1) is 17.1. The summed E-state index contributed by atoms with van der Waals surface area (Å²) in [6, 6.07) is 12.0. The number of benzene rings is 2. The minimum Gasteiger partial charge on any atom is -0.507 e. The zero-order valence-electron chi connectivity index (χ0n) is 21.2. The molecule has 2 aliphatic heterocycles. The van der Waals surface area contributed by atoms with Crippen LogP contribution < -0.4 is 4.74 Å². The molecule has 0 aliphatic carbocycles. The SMILES string of the molecule is COc1ccc(/C(O)=C2\C(=O)C(=O)N(CCN3CCOCC3)[C@@H]2c2ccc(C(C)(C)C)cc2)cc1Cl. The van der Waals surface area contributed by atoms with Crippen molar-refractivity contribution >= 4 is 29.1 Å². The lowest BCUT2D eigenvalue weighted by atomic mass is 9.85. The maximum atomic E-state index is 13.3. The average molecular weight is 513 g/mol. The van der Waals surface area contributed by atoms with Crippen LogP contribution in [-0.2, 0) is 19.7 Å². The van der Waals surface area contributed by atoms with Gasteiger partial charge in [-0.15, -0.1) is 0 Å². The van der Waals surface area contributed by atoms with Crippen molar-refractivity contribution in [3.63, 3.8) is 0 Å². The maximum Gasteiger partial charge on any atom is 0.295 e. The highest BCUT2D eigenvalue weighted by Gasteiger charge is 2.46. The number of carbonyl (C=O) groups excluding carboxylic acids is 2. The molecule has 2 aliphatic rings. The standard InChI is InChI=1S/C28H33ClN2O5/c1-28(2,3)20-8-5-18(6-9-20)24-23(25(32)19-7-10-22(35-4)21(29)17-19)26(33)27(34)31(24)12-11-30-13-15-36-16-14-30/h5-10,17,24,32H,11-16H2,1-4H3/b25-23+/t24-/m1/s1. The van der Waals surface area contributed by atoms with Crippen molar-refractivity contribution in [2.75, 3.05) is 46.5 Å². The summed E-state index contributed by atoms with van der Waals surface area (Å²) in [5, 5.41) is 11.6. The molecule has 8 heteroatoms. The van der Waals surface area contributed by atoms with Gasteiger partial charge in [0.05, 0.1) is 37.0 Å². The lowest BCUT2D eigenvalue weighted by Gasteiger charge is -2.31. The number of aliphatic hydroxyl groups excluding tert-OH is 1. The molecule has 0 spiro atoms. The van der Waals surface area contributed by atoms with Crippen LogP contribution in [0.15, 0.2) is 48.0 Å². The van der Waals surface area contributed by atoms with Crippen LogP contribution in [0.25, 0.3) is 5.76 Å². The monoisotopic (exact) mass is 512 g/mol. The van der Waals surface area contributed by atoms with E-state index in [1.807, 2.05) is 24.3 Å². The summed E-state index contributed by atoms with van der Waals surface area (Å²) in [6.45, 7) is 10.2. The van der Waals surface area contributed by atoms with Gasteiger partial charge in [0.25, 0.3) is 11.7 Å². The molecular formula is C28H33ClN2O5. The van der Waals surface area contributed by atoms with Gasteiger partial charge in [-0.1, -0.05) is 56.6 Å². The third-order valence-corrected chi connectivity index (χ3v) is 7.11. The summed E-state index contributed by atoms with van der Waals surface area (Å²) in [4.78, 5) is 30.3. The Kier molecular flexibility index (Phi) is 7.73. The Morgan fingerprint density at radius 3 is 2.33 bits per heavy atom. The van der Waals surface area contributed by atoms with Crippen LogP contribution >= 0.6 is 11.6 Å². The summed E-state index contributed by atoms with van der Waals surface area (Å²) in [6.07, 6.45) is 0. The number of aliphatic hydroxyl groups is 1. The minimum absolute atomic E-state index is 0.0451. The van der Waals surface area contributed by atoms with Crippen molar-refractivity contribution in [2.24, 2.45) is 0 Å². The van der Waals surface area contributed by atoms with E-state index < -0.39 is 17.7 Å². The molecular weight excluding hydrogens is 480 g/mol. The van der Waals surface area contributed by atoms with Crippen LogP contribution in [0.1, 0.15) is 43.5 Å². The highest BCUT2D eigenvalue weighted by molar-refractivity contribution is 6.46. The van der Waals surface area contributed by atoms with Gasteiger partial charge < -0.3 is 19.5 Å². The molecule has 1 N–H and O–H groups in total. The average Bonchev–Trinajstić information content (AvgIpc) is 3.12. The fraction of sp³-hybridized carbons (Fsp3) is 0.429. The molecule has 1 amide bonds. The van der Waals surface area contributed by atoms with Gasteiger partial charge in [0.1, 0.15) is 11.5 Å². The largest absolute Gasteiger partial charge is 0.507 e. The number of ether oxygens (including phenoxy) is 2.